The predicted octanol–water partition coefficient (Wildman–Crippen LogP) is 3.76. The Morgan fingerprint density at radius 1 is 1.26 bits per heavy atom. The van der Waals surface area contributed by atoms with Crippen LogP contribution >= 0.6 is 22.9 Å². The standard InChI is InChI=1S/C15H23ClN2S/c16-15-7-6-13(19-15)11-18-9-8-17-10-14(18)12-4-2-1-3-5-12/h6-7,12,14,17H,1-5,8-11H2. The van der Waals surface area contributed by atoms with Gasteiger partial charge in [-0.25, -0.2) is 0 Å². The molecule has 1 saturated carbocycles. The summed E-state index contributed by atoms with van der Waals surface area (Å²) >= 11 is 7.78. The molecule has 0 amide bonds. The van der Waals surface area contributed by atoms with E-state index in [1.54, 1.807) is 11.3 Å². The molecule has 0 bridgehead atoms. The zero-order valence-electron chi connectivity index (χ0n) is 11.4. The van der Waals surface area contributed by atoms with Crippen LogP contribution in [0.4, 0.5) is 0 Å². The van der Waals surface area contributed by atoms with E-state index in [0.717, 1.165) is 29.4 Å². The van der Waals surface area contributed by atoms with E-state index >= 15 is 0 Å². The number of hydrogen-bond acceptors (Lipinski definition) is 3. The molecule has 4 heteroatoms. The van der Waals surface area contributed by atoms with Crippen LogP contribution in [0.2, 0.25) is 4.34 Å². The van der Waals surface area contributed by atoms with Crippen LogP contribution in [-0.2, 0) is 6.54 Å². The van der Waals surface area contributed by atoms with Gasteiger partial charge >= 0.3 is 0 Å². The molecule has 1 saturated heterocycles. The Labute approximate surface area is 125 Å². The van der Waals surface area contributed by atoms with Crippen molar-refractivity contribution in [3.63, 3.8) is 0 Å². The fraction of sp³-hybridized carbons (Fsp3) is 0.733. The van der Waals surface area contributed by atoms with E-state index in [4.69, 9.17) is 11.6 Å². The van der Waals surface area contributed by atoms with Crippen molar-refractivity contribution in [1.29, 1.82) is 0 Å². The highest BCUT2D eigenvalue weighted by atomic mass is 35.5. The van der Waals surface area contributed by atoms with Crippen LogP contribution in [0.15, 0.2) is 12.1 Å². The van der Waals surface area contributed by atoms with E-state index < -0.39 is 0 Å². The van der Waals surface area contributed by atoms with Crippen molar-refractivity contribution in [2.75, 3.05) is 19.6 Å². The van der Waals surface area contributed by atoms with E-state index in [1.807, 2.05) is 6.07 Å². The minimum absolute atomic E-state index is 0.731. The molecular weight excluding hydrogens is 276 g/mol. The lowest BCUT2D eigenvalue weighted by Crippen LogP contribution is -2.54. The molecule has 1 N–H and O–H groups in total. The van der Waals surface area contributed by atoms with Crippen molar-refractivity contribution in [3.8, 4) is 0 Å². The summed E-state index contributed by atoms with van der Waals surface area (Å²) in [5, 5.41) is 3.59. The molecule has 106 valence electrons. The van der Waals surface area contributed by atoms with E-state index in [-0.39, 0.29) is 0 Å². The first-order chi connectivity index (χ1) is 9.33. The Morgan fingerprint density at radius 2 is 2.11 bits per heavy atom. The number of halogens is 1. The molecule has 1 aliphatic carbocycles. The van der Waals surface area contributed by atoms with Gasteiger partial charge in [0.2, 0.25) is 0 Å². The van der Waals surface area contributed by atoms with Crippen molar-refractivity contribution < 1.29 is 0 Å². The molecule has 3 rings (SSSR count). The Hall–Kier alpha value is -0.0900. The number of nitrogens with one attached hydrogen (secondary N) is 1. The predicted molar refractivity (Wildman–Crippen MR) is 83.0 cm³/mol. The Bertz CT molecular complexity index is 401. The van der Waals surface area contributed by atoms with Gasteiger partial charge in [0.05, 0.1) is 4.34 Å². The highest BCUT2D eigenvalue weighted by Crippen LogP contribution is 2.31. The minimum Gasteiger partial charge on any atom is -0.314 e. The molecule has 2 nitrogen and oxygen atoms in total. The summed E-state index contributed by atoms with van der Waals surface area (Å²) in [4.78, 5) is 4.10. The first-order valence-electron chi connectivity index (χ1n) is 7.52. The second-order valence-corrected chi connectivity index (χ2v) is 7.65. The Balaban J connectivity index is 1.66. The maximum Gasteiger partial charge on any atom is 0.0931 e. The van der Waals surface area contributed by atoms with Crippen molar-refractivity contribution in [2.45, 2.75) is 44.7 Å². The molecule has 2 heterocycles. The van der Waals surface area contributed by atoms with Crippen LogP contribution in [0, 0.1) is 5.92 Å². The normalized spacial score (nSPS) is 26.7. The molecular formula is C15H23ClN2S. The summed E-state index contributed by atoms with van der Waals surface area (Å²) in [6, 6.07) is 4.95. The van der Waals surface area contributed by atoms with E-state index in [1.165, 1.54) is 50.1 Å². The highest BCUT2D eigenvalue weighted by molar-refractivity contribution is 7.16. The van der Waals surface area contributed by atoms with Crippen molar-refractivity contribution >= 4 is 22.9 Å². The Morgan fingerprint density at radius 3 is 2.84 bits per heavy atom. The van der Waals surface area contributed by atoms with Crippen LogP contribution in [0.3, 0.4) is 0 Å². The highest BCUT2D eigenvalue weighted by Gasteiger charge is 2.30. The zero-order valence-corrected chi connectivity index (χ0v) is 13.0. The van der Waals surface area contributed by atoms with E-state index in [9.17, 15) is 0 Å². The maximum absolute atomic E-state index is 6.05. The first-order valence-corrected chi connectivity index (χ1v) is 8.71. The quantitative estimate of drug-likeness (QED) is 0.914. The summed E-state index contributed by atoms with van der Waals surface area (Å²) in [5.41, 5.74) is 0. The van der Waals surface area contributed by atoms with Crippen LogP contribution < -0.4 is 5.32 Å². The smallest absolute Gasteiger partial charge is 0.0931 e. The minimum atomic E-state index is 0.731. The summed E-state index contributed by atoms with van der Waals surface area (Å²) in [7, 11) is 0. The molecule has 19 heavy (non-hydrogen) atoms. The number of rotatable bonds is 3. The summed E-state index contributed by atoms with van der Waals surface area (Å²) in [5.74, 6) is 0.900. The molecule has 1 unspecified atom stereocenters. The molecule has 1 aromatic heterocycles. The number of piperazine rings is 1. The van der Waals surface area contributed by atoms with Gasteiger partial charge in [-0.05, 0) is 30.9 Å². The average molecular weight is 299 g/mol. The zero-order chi connectivity index (χ0) is 13.1. The second kappa shape index (κ2) is 6.57. The fourth-order valence-electron chi connectivity index (χ4n) is 3.58. The average Bonchev–Trinajstić information content (AvgIpc) is 2.86. The van der Waals surface area contributed by atoms with Gasteiger partial charge in [-0.3, -0.25) is 4.90 Å². The van der Waals surface area contributed by atoms with Gasteiger partial charge in [0.1, 0.15) is 0 Å². The van der Waals surface area contributed by atoms with Gasteiger partial charge in [0, 0.05) is 37.1 Å². The van der Waals surface area contributed by atoms with Gasteiger partial charge in [0.15, 0.2) is 0 Å². The summed E-state index contributed by atoms with van der Waals surface area (Å²) in [6.07, 6.45) is 7.15. The second-order valence-electron chi connectivity index (χ2n) is 5.85. The lowest BCUT2D eigenvalue weighted by atomic mass is 9.82. The third kappa shape index (κ3) is 3.52. The molecule has 2 aliphatic rings. The van der Waals surface area contributed by atoms with Gasteiger partial charge in [0.25, 0.3) is 0 Å². The molecule has 0 radical (unpaired) electrons. The molecule has 1 aliphatic heterocycles. The van der Waals surface area contributed by atoms with E-state index in [2.05, 4.69) is 16.3 Å². The number of hydrogen-bond donors (Lipinski definition) is 1. The lowest BCUT2D eigenvalue weighted by Gasteiger charge is -2.42. The van der Waals surface area contributed by atoms with Crippen LogP contribution in [0.25, 0.3) is 0 Å². The first kappa shape index (κ1) is 13.9. The maximum atomic E-state index is 6.05. The largest absolute Gasteiger partial charge is 0.314 e. The lowest BCUT2D eigenvalue weighted by molar-refractivity contribution is 0.0869. The molecule has 1 aromatic rings. The molecule has 0 spiro atoms. The van der Waals surface area contributed by atoms with Crippen LogP contribution in [-0.4, -0.2) is 30.6 Å². The van der Waals surface area contributed by atoms with Gasteiger partial charge in [-0.15, -0.1) is 11.3 Å². The van der Waals surface area contributed by atoms with Crippen molar-refractivity contribution in [3.05, 3.63) is 21.3 Å². The van der Waals surface area contributed by atoms with Crippen molar-refractivity contribution in [1.82, 2.24) is 10.2 Å². The van der Waals surface area contributed by atoms with Gasteiger partial charge < -0.3 is 5.32 Å². The fourth-order valence-corrected chi connectivity index (χ4v) is 4.70. The third-order valence-corrected chi connectivity index (χ3v) is 5.80. The van der Waals surface area contributed by atoms with Crippen LogP contribution in [0.1, 0.15) is 37.0 Å². The SMILES string of the molecule is Clc1ccc(CN2CCNCC2C2CCCCC2)s1. The summed E-state index contributed by atoms with van der Waals surface area (Å²) in [6.45, 7) is 4.56. The van der Waals surface area contributed by atoms with E-state index in [0.29, 0.717) is 0 Å². The van der Waals surface area contributed by atoms with Crippen LogP contribution in [0.5, 0.6) is 0 Å². The summed E-state index contributed by atoms with van der Waals surface area (Å²) < 4.78 is 0.916. The molecule has 2 fully saturated rings. The number of thiophene rings is 1. The monoisotopic (exact) mass is 298 g/mol. The molecule has 1 atom stereocenters. The Kier molecular flexibility index (Phi) is 4.80. The number of nitrogens with zero attached hydrogens (tertiary/aromatic N) is 1. The molecule has 0 aromatic carbocycles. The van der Waals surface area contributed by atoms with Crippen molar-refractivity contribution in [2.24, 2.45) is 5.92 Å². The third-order valence-electron chi connectivity index (χ3n) is 4.58. The topological polar surface area (TPSA) is 15.3 Å². The van der Waals surface area contributed by atoms with Gasteiger partial charge in [-0.2, -0.15) is 0 Å². The van der Waals surface area contributed by atoms with Gasteiger partial charge in [-0.1, -0.05) is 30.9 Å².